The molecule has 2 aromatic carbocycles. The molecule has 0 aromatic heterocycles. The first-order chi connectivity index (χ1) is 12.2. The van der Waals surface area contributed by atoms with Crippen LogP contribution in [0.5, 0.6) is 0 Å². The zero-order valence-corrected chi connectivity index (χ0v) is 16.0. The summed E-state index contributed by atoms with van der Waals surface area (Å²) < 4.78 is 13.7. The van der Waals surface area contributed by atoms with Crippen molar-refractivity contribution in [2.75, 3.05) is 0 Å². The van der Waals surface area contributed by atoms with Crippen molar-refractivity contribution < 1.29 is 14.3 Å². The fourth-order valence-electron chi connectivity index (χ4n) is 2.87. The second kappa shape index (κ2) is 8.45. The first-order valence-electron chi connectivity index (χ1n) is 8.99. The van der Waals surface area contributed by atoms with Crippen LogP contribution in [0.2, 0.25) is 0 Å². The summed E-state index contributed by atoms with van der Waals surface area (Å²) in [6.07, 6.45) is 0.624. The largest absolute Gasteiger partial charge is 0.393 e. The summed E-state index contributed by atoms with van der Waals surface area (Å²) in [5.41, 5.74) is 2.65. The van der Waals surface area contributed by atoms with Gasteiger partial charge in [-0.05, 0) is 70.2 Å². The second-order valence-corrected chi connectivity index (χ2v) is 7.85. The van der Waals surface area contributed by atoms with Crippen molar-refractivity contribution >= 4 is 5.91 Å². The van der Waals surface area contributed by atoms with Crippen LogP contribution in [0.25, 0.3) is 0 Å². The first-order valence-corrected chi connectivity index (χ1v) is 8.99. The number of hydrogen-bond donors (Lipinski definition) is 2. The number of aryl methyl sites for hydroxylation is 2. The number of aliphatic hydroxyl groups is 1. The lowest BCUT2D eigenvalue weighted by Gasteiger charge is -2.22. The van der Waals surface area contributed by atoms with Gasteiger partial charge in [-0.3, -0.25) is 4.79 Å². The smallest absolute Gasteiger partial charge is 0.251 e. The zero-order valence-electron chi connectivity index (χ0n) is 16.0. The van der Waals surface area contributed by atoms with E-state index < -0.39 is 6.10 Å². The normalized spacial score (nSPS) is 12.7. The molecule has 1 amide bonds. The van der Waals surface area contributed by atoms with E-state index in [4.69, 9.17) is 0 Å². The SMILES string of the molecule is Cc1ccc(CC(O)CCc2ccccc2F)c(C(=O)NC(C)(C)C)c1. The van der Waals surface area contributed by atoms with Crippen LogP contribution in [-0.2, 0) is 12.8 Å². The maximum Gasteiger partial charge on any atom is 0.251 e. The quantitative estimate of drug-likeness (QED) is 0.814. The van der Waals surface area contributed by atoms with E-state index >= 15 is 0 Å². The van der Waals surface area contributed by atoms with Crippen molar-refractivity contribution in [3.05, 3.63) is 70.5 Å². The highest BCUT2D eigenvalue weighted by Crippen LogP contribution is 2.18. The van der Waals surface area contributed by atoms with Gasteiger partial charge in [-0.1, -0.05) is 35.9 Å². The fraction of sp³-hybridized carbons (Fsp3) is 0.409. The third kappa shape index (κ3) is 5.95. The van der Waals surface area contributed by atoms with Crippen molar-refractivity contribution in [3.63, 3.8) is 0 Å². The van der Waals surface area contributed by atoms with Crippen molar-refractivity contribution in [2.24, 2.45) is 0 Å². The monoisotopic (exact) mass is 357 g/mol. The number of benzene rings is 2. The highest BCUT2D eigenvalue weighted by atomic mass is 19.1. The van der Waals surface area contributed by atoms with Gasteiger partial charge in [0.15, 0.2) is 0 Å². The molecule has 0 saturated carbocycles. The molecule has 4 heteroatoms. The number of carbonyl (C=O) groups excluding carboxylic acids is 1. The van der Waals surface area contributed by atoms with E-state index in [0.717, 1.165) is 11.1 Å². The third-order valence-corrected chi connectivity index (χ3v) is 4.16. The first kappa shape index (κ1) is 20.1. The van der Waals surface area contributed by atoms with E-state index in [9.17, 15) is 14.3 Å². The lowest BCUT2D eigenvalue weighted by molar-refractivity contribution is 0.0917. The minimum absolute atomic E-state index is 0.141. The molecule has 3 nitrogen and oxygen atoms in total. The van der Waals surface area contributed by atoms with Crippen LogP contribution in [0.1, 0.15) is 54.2 Å². The fourth-order valence-corrected chi connectivity index (χ4v) is 2.87. The Kier molecular flexibility index (Phi) is 6.54. The van der Waals surface area contributed by atoms with Gasteiger partial charge in [0.1, 0.15) is 5.82 Å². The van der Waals surface area contributed by atoms with Gasteiger partial charge in [-0.2, -0.15) is 0 Å². The summed E-state index contributed by atoms with van der Waals surface area (Å²) in [6.45, 7) is 7.74. The number of nitrogens with one attached hydrogen (secondary N) is 1. The Labute approximate surface area is 155 Å². The maximum atomic E-state index is 13.7. The van der Waals surface area contributed by atoms with Crippen LogP contribution in [0.15, 0.2) is 42.5 Å². The molecule has 140 valence electrons. The van der Waals surface area contributed by atoms with E-state index in [1.807, 2.05) is 45.9 Å². The van der Waals surface area contributed by atoms with Gasteiger partial charge in [0.2, 0.25) is 0 Å². The number of amides is 1. The third-order valence-electron chi connectivity index (χ3n) is 4.16. The molecule has 0 radical (unpaired) electrons. The molecule has 1 atom stereocenters. The van der Waals surface area contributed by atoms with Crippen molar-refractivity contribution in [3.8, 4) is 0 Å². The molecule has 0 fully saturated rings. The zero-order chi connectivity index (χ0) is 19.3. The predicted octanol–water partition coefficient (Wildman–Crippen LogP) is 4.20. The van der Waals surface area contributed by atoms with Crippen molar-refractivity contribution in [1.29, 1.82) is 0 Å². The molecular formula is C22H28FNO2. The number of carbonyl (C=O) groups is 1. The number of halogens is 1. The van der Waals surface area contributed by atoms with Gasteiger partial charge in [-0.15, -0.1) is 0 Å². The van der Waals surface area contributed by atoms with Crippen molar-refractivity contribution in [1.82, 2.24) is 5.32 Å². The molecule has 0 aliphatic heterocycles. The summed E-state index contributed by atoms with van der Waals surface area (Å²) in [6, 6.07) is 12.3. The van der Waals surface area contributed by atoms with Crippen LogP contribution >= 0.6 is 0 Å². The summed E-state index contributed by atoms with van der Waals surface area (Å²) in [7, 11) is 0. The van der Waals surface area contributed by atoms with Crippen LogP contribution in [0, 0.1) is 12.7 Å². The lowest BCUT2D eigenvalue weighted by Crippen LogP contribution is -2.41. The van der Waals surface area contributed by atoms with E-state index in [1.54, 1.807) is 18.2 Å². The van der Waals surface area contributed by atoms with Gasteiger partial charge in [-0.25, -0.2) is 4.39 Å². The second-order valence-electron chi connectivity index (χ2n) is 7.85. The molecule has 2 rings (SSSR count). The Morgan fingerprint density at radius 3 is 2.50 bits per heavy atom. The summed E-state index contributed by atoms with van der Waals surface area (Å²) in [4.78, 5) is 12.6. The van der Waals surface area contributed by atoms with Crippen LogP contribution in [-0.4, -0.2) is 22.7 Å². The molecule has 1 unspecified atom stereocenters. The molecule has 0 spiro atoms. The molecule has 0 bridgehead atoms. The average Bonchev–Trinajstić information content (AvgIpc) is 2.54. The van der Waals surface area contributed by atoms with E-state index in [2.05, 4.69) is 5.32 Å². The highest BCUT2D eigenvalue weighted by molar-refractivity contribution is 5.96. The molecule has 26 heavy (non-hydrogen) atoms. The molecule has 0 aliphatic carbocycles. The van der Waals surface area contributed by atoms with E-state index in [1.165, 1.54) is 6.07 Å². The van der Waals surface area contributed by atoms with E-state index in [0.29, 0.717) is 30.4 Å². The van der Waals surface area contributed by atoms with Crippen LogP contribution in [0.4, 0.5) is 4.39 Å². The Morgan fingerprint density at radius 2 is 1.85 bits per heavy atom. The minimum atomic E-state index is -0.640. The molecule has 2 aromatic rings. The molecule has 0 heterocycles. The topological polar surface area (TPSA) is 49.3 Å². The van der Waals surface area contributed by atoms with Gasteiger partial charge in [0, 0.05) is 11.1 Å². The summed E-state index contributed by atoms with van der Waals surface area (Å²) >= 11 is 0. The number of aliphatic hydroxyl groups excluding tert-OH is 1. The van der Waals surface area contributed by atoms with Crippen molar-refractivity contribution in [2.45, 2.75) is 58.6 Å². The number of rotatable bonds is 6. The predicted molar refractivity (Wildman–Crippen MR) is 103 cm³/mol. The molecule has 0 saturated heterocycles. The van der Waals surface area contributed by atoms with Gasteiger partial charge in [0.05, 0.1) is 6.10 Å². The Hall–Kier alpha value is -2.20. The molecular weight excluding hydrogens is 329 g/mol. The Morgan fingerprint density at radius 1 is 1.15 bits per heavy atom. The minimum Gasteiger partial charge on any atom is -0.393 e. The van der Waals surface area contributed by atoms with Crippen LogP contribution in [0.3, 0.4) is 0 Å². The van der Waals surface area contributed by atoms with Gasteiger partial charge >= 0.3 is 0 Å². The molecule has 0 aliphatic rings. The Balaban J connectivity index is 2.08. The van der Waals surface area contributed by atoms with Gasteiger partial charge in [0.25, 0.3) is 5.91 Å². The standard InChI is InChI=1S/C22H28FNO2/c1-15-9-10-17(19(13-15)21(26)24-22(2,3)4)14-18(25)12-11-16-7-5-6-8-20(16)23/h5-10,13,18,25H,11-12,14H2,1-4H3,(H,24,26). The van der Waals surface area contributed by atoms with E-state index in [-0.39, 0.29) is 17.3 Å². The Bertz CT molecular complexity index is 765. The summed E-state index contributed by atoms with van der Waals surface area (Å²) in [5.74, 6) is -0.391. The van der Waals surface area contributed by atoms with Gasteiger partial charge < -0.3 is 10.4 Å². The maximum absolute atomic E-state index is 13.7. The highest BCUT2D eigenvalue weighted by Gasteiger charge is 2.19. The average molecular weight is 357 g/mol. The lowest BCUT2D eigenvalue weighted by atomic mass is 9.95. The number of hydrogen-bond acceptors (Lipinski definition) is 2. The van der Waals surface area contributed by atoms with Crippen LogP contribution < -0.4 is 5.32 Å². The summed E-state index contributed by atoms with van der Waals surface area (Å²) in [5, 5.41) is 13.4. The molecule has 2 N–H and O–H groups in total.